The second-order valence-electron chi connectivity index (χ2n) is 0.378. The summed E-state index contributed by atoms with van der Waals surface area (Å²) in [7, 11) is 0. The van der Waals surface area contributed by atoms with Gasteiger partial charge in [0.1, 0.15) is 0 Å². The van der Waals surface area contributed by atoms with E-state index in [1.54, 1.807) is 0 Å². The van der Waals surface area contributed by atoms with E-state index in [0.29, 0.717) is 0 Å². The summed E-state index contributed by atoms with van der Waals surface area (Å²) < 4.78 is 34.3. The summed E-state index contributed by atoms with van der Waals surface area (Å²) in [6.45, 7) is 0. The first-order valence-corrected chi connectivity index (χ1v) is 2.54. The van der Waals surface area contributed by atoms with Gasteiger partial charge in [0.25, 0.3) is 0 Å². The molecule has 0 atom stereocenters. The van der Waals surface area contributed by atoms with Gasteiger partial charge in [-0.05, 0) is 0 Å². The molecule has 0 aromatic heterocycles. The van der Waals surface area contributed by atoms with Gasteiger partial charge in [-0.2, -0.15) is 0 Å². The topological polar surface area (TPSA) is 74.3 Å². The van der Waals surface area contributed by atoms with Crippen LogP contribution in [0.3, 0.4) is 0 Å². The molecule has 6 heteroatoms. The molecule has 0 bridgehead atoms. The Hall–Kier alpha value is 0.620. The first kappa shape index (κ1) is 9.80. The summed E-state index contributed by atoms with van der Waals surface area (Å²) in [6.07, 6.45) is 0. The fourth-order valence-corrected chi connectivity index (χ4v) is 0. The van der Waals surface area contributed by atoms with E-state index in [2.05, 4.69) is 0 Å². The minimum absolute atomic E-state index is 0. The van der Waals surface area contributed by atoms with Gasteiger partial charge >= 0.3 is 51.0 Å². The molecule has 0 heterocycles. The van der Waals surface area contributed by atoms with Crippen LogP contribution in [-0.2, 0) is 46.9 Å². The van der Waals surface area contributed by atoms with Crippen molar-refractivity contribution in [2.75, 3.05) is 0 Å². The zero-order valence-electron chi connectivity index (χ0n) is 2.31. The Morgan fingerprint density at radius 1 is 1.17 bits per heavy atom. The van der Waals surface area contributed by atoms with Gasteiger partial charge in [0, 0.05) is 0 Å². The van der Waals surface area contributed by atoms with E-state index in [9.17, 15) is 0 Å². The van der Waals surface area contributed by atoms with Gasteiger partial charge in [-0.3, -0.25) is 0 Å². The van der Waals surface area contributed by atoms with Gasteiger partial charge in [0.2, 0.25) is 0 Å². The minimum atomic E-state index is -5.62. The van der Waals surface area contributed by atoms with Crippen molar-refractivity contribution >= 4 is 0 Å². The average molecular weight is 227 g/mol. The zero-order chi connectivity index (χ0) is 4.50. The Balaban J connectivity index is 0. The molecule has 0 unspecified atom stereocenters. The van der Waals surface area contributed by atoms with Crippen molar-refractivity contribution in [1.29, 1.82) is 0 Å². The Labute approximate surface area is 51.2 Å². The molecule has 0 amide bonds. The first-order valence-electron chi connectivity index (χ1n) is 0.617. The molecule has 0 saturated carbocycles. The summed E-state index contributed by atoms with van der Waals surface area (Å²) in [5.74, 6) is 0. The van der Waals surface area contributed by atoms with Crippen molar-refractivity contribution in [3.63, 3.8) is 0 Å². The van der Waals surface area contributed by atoms with Crippen LogP contribution in [0, 0.1) is 0 Å². The van der Waals surface area contributed by atoms with Crippen molar-refractivity contribution in [1.82, 2.24) is 0 Å². The van der Waals surface area contributed by atoms with Crippen molar-refractivity contribution in [3.05, 3.63) is 0 Å². The van der Waals surface area contributed by atoms with Gasteiger partial charge in [0.15, 0.2) is 0 Å². The summed E-state index contributed by atoms with van der Waals surface area (Å²) in [4.78, 5) is 0. The second-order valence-corrected chi connectivity index (χ2v) is 1.56. The van der Waals surface area contributed by atoms with Crippen molar-refractivity contribution in [3.8, 4) is 0 Å². The third-order valence-corrected chi connectivity index (χ3v) is 0. The van der Waals surface area contributed by atoms with Crippen LogP contribution in [0.5, 0.6) is 0 Å². The molecule has 0 N–H and O–H groups in total. The fraction of sp³-hybridized carbons (Fsp3) is 0. The van der Waals surface area contributed by atoms with E-state index in [-0.39, 0.29) is 22.4 Å². The van der Waals surface area contributed by atoms with Crippen molar-refractivity contribution in [2.45, 2.75) is 0 Å². The Bertz CT molecular complexity index is 129. The number of hydrogen-bond donors (Lipinski definition) is 0. The average Bonchev–Trinajstić information content (AvgIpc) is 0.722. The SMILES string of the molecule is [Ag+].[O]=[Mn](=[O])(=[O])[O-]. The first-order chi connectivity index (χ1) is 2.00. The molecule has 0 aliphatic carbocycles. The van der Waals surface area contributed by atoms with E-state index in [4.69, 9.17) is 15.7 Å². The molecule has 0 fully saturated rings. The summed E-state index contributed by atoms with van der Waals surface area (Å²) in [5.41, 5.74) is 0. The Morgan fingerprint density at radius 2 is 1.17 bits per heavy atom. The number of rotatable bonds is 0. The molecule has 0 radical (unpaired) electrons. The monoisotopic (exact) mass is 226 g/mol. The molecule has 42 valence electrons. The van der Waals surface area contributed by atoms with Gasteiger partial charge < -0.3 is 0 Å². The summed E-state index contributed by atoms with van der Waals surface area (Å²) in [5, 5.41) is 0. The van der Waals surface area contributed by atoms with E-state index < -0.39 is 13.0 Å². The van der Waals surface area contributed by atoms with Crippen LogP contribution in [-0.4, -0.2) is 0 Å². The van der Waals surface area contributed by atoms with Crippen LogP contribution in [0.2, 0.25) is 0 Å². The molecular formula is AgMnO4. The van der Waals surface area contributed by atoms with E-state index >= 15 is 0 Å². The van der Waals surface area contributed by atoms with Crippen LogP contribution < -0.4 is 4.19 Å². The Kier molecular flexibility index (Phi) is 4.47. The van der Waals surface area contributed by atoms with Crippen LogP contribution in [0.4, 0.5) is 0 Å². The molecule has 0 aromatic rings. The molecule has 0 aliphatic rings. The second kappa shape index (κ2) is 2.74. The van der Waals surface area contributed by atoms with E-state index in [1.807, 2.05) is 0 Å². The molecule has 6 heavy (non-hydrogen) atoms. The van der Waals surface area contributed by atoms with Crippen LogP contribution in [0.25, 0.3) is 0 Å². The molecule has 4 nitrogen and oxygen atoms in total. The van der Waals surface area contributed by atoms with Crippen molar-refractivity contribution < 1.29 is 51.0 Å². The maximum absolute atomic E-state index is 8.58. The van der Waals surface area contributed by atoms with Crippen LogP contribution in [0.15, 0.2) is 0 Å². The standard InChI is InChI=1S/Ag.Mn.4O/q+1;;;;;-1. The predicted molar refractivity (Wildman–Crippen MR) is 2.06 cm³/mol. The predicted octanol–water partition coefficient (Wildman–Crippen LogP) is -1.55. The van der Waals surface area contributed by atoms with Crippen LogP contribution >= 0.6 is 0 Å². The van der Waals surface area contributed by atoms with Gasteiger partial charge in [-0.15, -0.1) is 0 Å². The van der Waals surface area contributed by atoms with Crippen LogP contribution in [0.1, 0.15) is 0 Å². The molecule has 0 rings (SSSR count). The Morgan fingerprint density at radius 3 is 1.17 bits per heavy atom. The number of hydrogen-bond acceptors (Lipinski definition) is 4. The summed E-state index contributed by atoms with van der Waals surface area (Å²) in [6, 6.07) is 0. The van der Waals surface area contributed by atoms with Gasteiger partial charge in [0.05, 0.1) is 0 Å². The molecule has 0 saturated heterocycles. The zero-order valence-corrected chi connectivity index (χ0v) is 4.98. The normalized spacial score (nSPS) is 9.50. The molecule has 0 aliphatic heterocycles. The molecule has 0 aromatic carbocycles. The third-order valence-electron chi connectivity index (χ3n) is 0. The quantitative estimate of drug-likeness (QED) is 0.469. The van der Waals surface area contributed by atoms with E-state index in [0.717, 1.165) is 0 Å². The molecular weight excluding hydrogens is 227 g/mol. The summed E-state index contributed by atoms with van der Waals surface area (Å²) >= 11 is -5.62. The van der Waals surface area contributed by atoms with Crippen molar-refractivity contribution in [2.24, 2.45) is 0 Å². The van der Waals surface area contributed by atoms with Gasteiger partial charge in [-0.1, -0.05) is 0 Å². The molecule has 0 spiro atoms. The maximum atomic E-state index is 8.58. The fourth-order valence-electron chi connectivity index (χ4n) is 0. The third kappa shape index (κ3) is 158. The van der Waals surface area contributed by atoms with E-state index in [1.165, 1.54) is 0 Å². The van der Waals surface area contributed by atoms with Gasteiger partial charge in [-0.25, -0.2) is 0 Å².